The lowest BCUT2D eigenvalue weighted by Crippen LogP contribution is -2.24. The summed E-state index contributed by atoms with van der Waals surface area (Å²) < 4.78 is 37.3. The van der Waals surface area contributed by atoms with Crippen LogP contribution in [0.2, 0.25) is 0 Å². The third-order valence-corrected chi connectivity index (χ3v) is 2.48. The van der Waals surface area contributed by atoms with Gasteiger partial charge in [-0.05, 0) is 25.5 Å². The third kappa shape index (κ3) is 3.53. The Hall–Kier alpha value is -1.01. The van der Waals surface area contributed by atoms with Gasteiger partial charge in [0, 0.05) is 25.0 Å². The molecule has 0 aromatic carbocycles. The van der Waals surface area contributed by atoms with Gasteiger partial charge < -0.3 is 4.57 Å². The van der Waals surface area contributed by atoms with E-state index in [-0.39, 0.29) is 6.54 Å². The summed E-state index contributed by atoms with van der Waals surface area (Å²) in [4.78, 5) is 4.32. The lowest BCUT2D eigenvalue weighted by Gasteiger charge is -2.08. The summed E-state index contributed by atoms with van der Waals surface area (Å²) in [7, 11) is 1.91. The summed E-state index contributed by atoms with van der Waals surface area (Å²) >= 11 is 0. The topological polar surface area (TPSA) is 26.2 Å². The van der Waals surface area contributed by atoms with Gasteiger partial charge in [-0.2, -0.15) is 18.7 Å². The van der Waals surface area contributed by atoms with E-state index < -0.39 is 12.8 Å². The second-order valence-electron chi connectivity index (χ2n) is 3.68. The number of aryl methyl sites for hydroxylation is 1. The molecule has 1 heterocycles. The van der Waals surface area contributed by atoms with Gasteiger partial charge in [-0.25, -0.2) is 0 Å². The van der Waals surface area contributed by atoms with E-state index in [0.29, 0.717) is 0 Å². The molecule has 3 nitrogen and oxygen atoms in total. The second kappa shape index (κ2) is 4.88. The maximum Gasteiger partial charge on any atom is 0.413 e. The molecule has 1 N–H and O–H groups in total. The van der Waals surface area contributed by atoms with Crippen LogP contribution in [0.3, 0.4) is 0 Å². The number of alkyl halides is 3. The Morgan fingerprint density at radius 3 is 2.44 bits per heavy atom. The fourth-order valence-electron chi connectivity index (χ4n) is 1.37. The molecule has 0 aliphatic carbocycles. The number of aromatic nitrogens is 1. The van der Waals surface area contributed by atoms with Crippen LogP contribution in [0.25, 0.3) is 0 Å². The van der Waals surface area contributed by atoms with Crippen LogP contribution in [0.5, 0.6) is 0 Å². The minimum absolute atomic E-state index is 0.267. The van der Waals surface area contributed by atoms with E-state index in [0.717, 1.165) is 17.0 Å². The standard InChI is InChI=1S/C10H15F3N2O/c1-7-4-9(8(2)15(7)3)5-14-16-6-10(11,12)13/h4,14H,5-6H2,1-3H3. The van der Waals surface area contributed by atoms with Crippen LogP contribution < -0.4 is 5.48 Å². The highest BCUT2D eigenvalue weighted by Crippen LogP contribution is 2.15. The van der Waals surface area contributed by atoms with Crippen molar-refractivity contribution in [2.75, 3.05) is 6.61 Å². The Morgan fingerprint density at radius 2 is 2.00 bits per heavy atom. The molecule has 0 aliphatic heterocycles. The third-order valence-electron chi connectivity index (χ3n) is 2.48. The molecule has 1 rings (SSSR count). The van der Waals surface area contributed by atoms with Crippen LogP contribution in [0, 0.1) is 13.8 Å². The largest absolute Gasteiger partial charge is 0.413 e. The fourth-order valence-corrected chi connectivity index (χ4v) is 1.37. The van der Waals surface area contributed by atoms with Gasteiger partial charge in [0.2, 0.25) is 0 Å². The van der Waals surface area contributed by atoms with Gasteiger partial charge in [0.1, 0.15) is 0 Å². The van der Waals surface area contributed by atoms with E-state index in [4.69, 9.17) is 0 Å². The van der Waals surface area contributed by atoms with Gasteiger partial charge >= 0.3 is 6.18 Å². The normalized spacial score (nSPS) is 12.1. The molecule has 0 bridgehead atoms. The molecule has 0 atom stereocenters. The minimum Gasteiger partial charge on any atom is -0.352 e. The van der Waals surface area contributed by atoms with Crippen LogP contribution in [-0.4, -0.2) is 17.4 Å². The number of halogens is 3. The summed E-state index contributed by atoms with van der Waals surface area (Å²) in [5.74, 6) is 0. The maximum atomic E-state index is 11.8. The van der Waals surface area contributed by atoms with E-state index in [1.54, 1.807) is 0 Å². The van der Waals surface area contributed by atoms with Gasteiger partial charge in [0.15, 0.2) is 6.61 Å². The second-order valence-corrected chi connectivity index (χ2v) is 3.68. The summed E-state index contributed by atoms with van der Waals surface area (Å²) in [6.07, 6.45) is -4.30. The quantitative estimate of drug-likeness (QED) is 0.641. The van der Waals surface area contributed by atoms with Crippen LogP contribution >= 0.6 is 0 Å². The molecule has 0 fully saturated rings. The van der Waals surface area contributed by atoms with Crippen molar-refractivity contribution >= 4 is 0 Å². The van der Waals surface area contributed by atoms with Crippen molar-refractivity contribution in [3.63, 3.8) is 0 Å². The first kappa shape index (κ1) is 13.1. The highest BCUT2D eigenvalue weighted by atomic mass is 19.4. The number of hydrogen-bond acceptors (Lipinski definition) is 2. The SMILES string of the molecule is Cc1cc(CNOCC(F)(F)F)c(C)n1C. The molecule has 0 spiro atoms. The van der Waals surface area contributed by atoms with Crippen LogP contribution in [0.15, 0.2) is 6.07 Å². The van der Waals surface area contributed by atoms with E-state index >= 15 is 0 Å². The molecule has 16 heavy (non-hydrogen) atoms. The lowest BCUT2D eigenvalue weighted by atomic mass is 10.2. The number of rotatable bonds is 4. The zero-order valence-electron chi connectivity index (χ0n) is 9.48. The average molecular weight is 236 g/mol. The molecule has 1 aromatic rings. The molecule has 6 heteroatoms. The number of hydrogen-bond donors (Lipinski definition) is 1. The number of hydroxylamine groups is 1. The summed E-state index contributed by atoms with van der Waals surface area (Å²) in [6, 6.07) is 1.92. The van der Waals surface area contributed by atoms with Crippen LogP contribution in [0.1, 0.15) is 17.0 Å². The number of nitrogens with zero attached hydrogens (tertiary/aromatic N) is 1. The van der Waals surface area contributed by atoms with Crippen molar-refractivity contribution in [3.8, 4) is 0 Å². The van der Waals surface area contributed by atoms with Crippen molar-refractivity contribution in [2.45, 2.75) is 26.6 Å². The highest BCUT2D eigenvalue weighted by Gasteiger charge is 2.27. The lowest BCUT2D eigenvalue weighted by molar-refractivity contribution is -0.190. The van der Waals surface area contributed by atoms with E-state index in [9.17, 15) is 13.2 Å². The monoisotopic (exact) mass is 236 g/mol. The Kier molecular flexibility index (Phi) is 3.98. The van der Waals surface area contributed by atoms with Crippen molar-refractivity contribution < 1.29 is 18.0 Å². The Balaban J connectivity index is 2.41. The predicted molar refractivity (Wildman–Crippen MR) is 53.7 cm³/mol. The van der Waals surface area contributed by atoms with E-state index in [1.807, 2.05) is 31.5 Å². The summed E-state index contributed by atoms with van der Waals surface area (Å²) in [5, 5.41) is 0. The molecule has 0 saturated heterocycles. The molecular formula is C10H15F3N2O. The molecule has 0 radical (unpaired) electrons. The molecule has 1 aromatic heterocycles. The summed E-state index contributed by atoms with van der Waals surface area (Å²) in [6.45, 7) is 2.84. The van der Waals surface area contributed by atoms with Gasteiger partial charge in [0.25, 0.3) is 0 Å². The van der Waals surface area contributed by atoms with Crippen molar-refractivity contribution in [1.82, 2.24) is 10.0 Å². The smallest absolute Gasteiger partial charge is 0.352 e. The van der Waals surface area contributed by atoms with Crippen molar-refractivity contribution in [1.29, 1.82) is 0 Å². The first-order valence-electron chi connectivity index (χ1n) is 4.84. The minimum atomic E-state index is -4.30. The fraction of sp³-hybridized carbons (Fsp3) is 0.600. The molecule has 0 saturated carbocycles. The summed E-state index contributed by atoms with van der Waals surface area (Å²) in [5.41, 5.74) is 5.31. The van der Waals surface area contributed by atoms with Gasteiger partial charge in [0.05, 0.1) is 0 Å². The van der Waals surface area contributed by atoms with Gasteiger partial charge in [-0.1, -0.05) is 0 Å². The van der Waals surface area contributed by atoms with Crippen LogP contribution in [-0.2, 0) is 18.4 Å². The maximum absolute atomic E-state index is 11.8. The molecule has 0 amide bonds. The van der Waals surface area contributed by atoms with Gasteiger partial charge in [-0.15, -0.1) is 0 Å². The Labute approximate surface area is 92.2 Å². The van der Waals surface area contributed by atoms with Crippen LogP contribution in [0.4, 0.5) is 13.2 Å². The predicted octanol–water partition coefficient (Wildman–Crippen LogP) is 2.23. The number of nitrogens with one attached hydrogen (secondary N) is 1. The van der Waals surface area contributed by atoms with E-state index in [1.165, 1.54) is 0 Å². The molecule has 92 valence electrons. The first-order valence-corrected chi connectivity index (χ1v) is 4.84. The Bertz CT molecular complexity index is 358. The molecule has 0 unspecified atom stereocenters. The van der Waals surface area contributed by atoms with Crippen molar-refractivity contribution in [2.24, 2.45) is 7.05 Å². The first-order chi connectivity index (χ1) is 7.31. The van der Waals surface area contributed by atoms with Gasteiger partial charge in [-0.3, -0.25) is 4.84 Å². The van der Waals surface area contributed by atoms with E-state index in [2.05, 4.69) is 10.3 Å². The molecule has 0 aliphatic rings. The average Bonchev–Trinajstić information content (AvgIpc) is 2.40. The zero-order valence-corrected chi connectivity index (χ0v) is 9.48. The molecular weight excluding hydrogens is 221 g/mol. The highest BCUT2D eigenvalue weighted by molar-refractivity contribution is 5.25. The Morgan fingerprint density at radius 1 is 1.38 bits per heavy atom. The van der Waals surface area contributed by atoms with Crippen molar-refractivity contribution in [3.05, 3.63) is 23.0 Å². The zero-order chi connectivity index (χ0) is 12.3.